The number of unbranched alkanes of at least 4 members (excludes halogenated alkanes) is 15. The molecule has 0 fully saturated rings. The summed E-state index contributed by atoms with van der Waals surface area (Å²) in [6.45, 7) is 3.12. The summed E-state index contributed by atoms with van der Waals surface area (Å²) in [6, 6.07) is 8.11. The molecule has 0 radical (unpaired) electrons. The molecule has 2 heteroatoms. The molecule has 1 aromatic carbocycles. The molecule has 27 heavy (non-hydrogen) atoms. The van der Waals surface area contributed by atoms with Crippen molar-refractivity contribution in [3.63, 3.8) is 0 Å². The molecule has 0 atom stereocenters. The van der Waals surface area contributed by atoms with Crippen LogP contribution < -0.4 is 4.74 Å². The van der Waals surface area contributed by atoms with Gasteiger partial charge in [0, 0.05) is 5.88 Å². The maximum Gasteiger partial charge on any atom is 0.119 e. The standard InChI is InChI=1S/C25H43ClO/c1-2-3-4-5-6-7-8-9-10-11-12-13-14-15-16-17-22-27-25-20-18-24(23-26)19-21-25/h18-21H,2-17,22-23H2,1H3. The van der Waals surface area contributed by atoms with E-state index in [0.29, 0.717) is 5.88 Å². The van der Waals surface area contributed by atoms with Gasteiger partial charge in [0.05, 0.1) is 6.61 Å². The van der Waals surface area contributed by atoms with Crippen molar-refractivity contribution < 1.29 is 4.74 Å². The van der Waals surface area contributed by atoms with Crippen molar-refractivity contribution in [2.45, 2.75) is 116 Å². The summed E-state index contributed by atoms with van der Waals surface area (Å²) in [5.74, 6) is 1.53. The smallest absolute Gasteiger partial charge is 0.119 e. The Balaban J connectivity index is 1.75. The Kier molecular flexibility index (Phi) is 16.8. The van der Waals surface area contributed by atoms with E-state index in [4.69, 9.17) is 16.3 Å². The normalized spacial score (nSPS) is 11.0. The van der Waals surface area contributed by atoms with Gasteiger partial charge in [0.2, 0.25) is 0 Å². The van der Waals surface area contributed by atoms with Crippen molar-refractivity contribution in [1.82, 2.24) is 0 Å². The van der Waals surface area contributed by atoms with E-state index in [1.807, 2.05) is 24.3 Å². The number of benzene rings is 1. The summed E-state index contributed by atoms with van der Waals surface area (Å²) in [5.41, 5.74) is 1.14. The van der Waals surface area contributed by atoms with Crippen molar-refractivity contribution in [3.05, 3.63) is 29.8 Å². The summed E-state index contributed by atoms with van der Waals surface area (Å²) >= 11 is 5.79. The highest BCUT2D eigenvalue weighted by atomic mass is 35.5. The summed E-state index contributed by atoms with van der Waals surface area (Å²) in [5, 5.41) is 0. The number of hydrogen-bond acceptors (Lipinski definition) is 1. The molecule has 0 N–H and O–H groups in total. The maximum atomic E-state index is 5.79. The van der Waals surface area contributed by atoms with Crippen molar-refractivity contribution in [2.24, 2.45) is 0 Å². The van der Waals surface area contributed by atoms with Crippen molar-refractivity contribution in [2.75, 3.05) is 6.61 Å². The second-order valence-electron chi connectivity index (χ2n) is 7.93. The van der Waals surface area contributed by atoms with Crippen LogP contribution in [0.5, 0.6) is 5.75 Å². The Morgan fingerprint density at radius 1 is 0.593 bits per heavy atom. The molecule has 0 amide bonds. The molecule has 156 valence electrons. The number of hydrogen-bond donors (Lipinski definition) is 0. The molecule has 0 aliphatic rings. The quantitative estimate of drug-likeness (QED) is 0.168. The minimum absolute atomic E-state index is 0.569. The van der Waals surface area contributed by atoms with Crippen LogP contribution in [0, 0.1) is 0 Å². The van der Waals surface area contributed by atoms with E-state index in [0.717, 1.165) is 24.3 Å². The number of ether oxygens (including phenoxy) is 1. The number of halogens is 1. The van der Waals surface area contributed by atoms with Crippen LogP contribution >= 0.6 is 11.6 Å². The molecule has 0 aliphatic heterocycles. The van der Waals surface area contributed by atoms with Crippen molar-refractivity contribution in [1.29, 1.82) is 0 Å². The Morgan fingerprint density at radius 3 is 1.41 bits per heavy atom. The van der Waals surface area contributed by atoms with Crippen molar-refractivity contribution in [3.8, 4) is 5.75 Å². The van der Waals surface area contributed by atoms with Crippen LogP contribution in [0.25, 0.3) is 0 Å². The molecule has 0 bridgehead atoms. The first-order valence-electron chi connectivity index (χ1n) is 11.6. The lowest BCUT2D eigenvalue weighted by atomic mass is 10.0. The minimum atomic E-state index is 0.569. The van der Waals surface area contributed by atoms with Crippen LogP contribution in [-0.4, -0.2) is 6.61 Å². The van der Waals surface area contributed by atoms with E-state index in [1.165, 1.54) is 96.3 Å². The zero-order chi connectivity index (χ0) is 19.4. The fourth-order valence-electron chi connectivity index (χ4n) is 3.51. The Labute approximate surface area is 174 Å². The van der Waals surface area contributed by atoms with Crippen LogP contribution in [0.4, 0.5) is 0 Å². The van der Waals surface area contributed by atoms with E-state index in [9.17, 15) is 0 Å². The highest BCUT2D eigenvalue weighted by molar-refractivity contribution is 6.17. The predicted octanol–water partition coefficient (Wildman–Crippen LogP) is 9.07. The van der Waals surface area contributed by atoms with Gasteiger partial charge in [-0.2, -0.15) is 0 Å². The first-order chi connectivity index (χ1) is 13.4. The fourth-order valence-corrected chi connectivity index (χ4v) is 3.69. The second kappa shape index (κ2) is 18.7. The van der Waals surface area contributed by atoms with Crippen molar-refractivity contribution >= 4 is 11.6 Å². The monoisotopic (exact) mass is 394 g/mol. The minimum Gasteiger partial charge on any atom is -0.494 e. The molecule has 0 spiro atoms. The summed E-state index contributed by atoms with van der Waals surface area (Å²) in [6.07, 6.45) is 22.5. The average Bonchev–Trinajstić information content (AvgIpc) is 2.70. The molecule has 1 nitrogen and oxygen atoms in total. The lowest BCUT2D eigenvalue weighted by Gasteiger charge is -2.07. The molecule has 1 aromatic rings. The van der Waals surface area contributed by atoms with Crippen LogP contribution in [0.3, 0.4) is 0 Å². The van der Waals surface area contributed by atoms with Gasteiger partial charge in [-0.1, -0.05) is 115 Å². The van der Waals surface area contributed by atoms with Gasteiger partial charge >= 0.3 is 0 Å². The third-order valence-corrected chi connectivity index (χ3v) is 5.65. The van der Waals surface area contributed by atoms with Gasteiger partial charge in [0.25, 0.3) is 0 Å². The molecule has 0 saturated heterocycles. The van der Waals surface area contributed by atoms with Crippen LogP contribution in [-0.2, 0) is 5.88 Å². The van der Waals surface area contributed by atoms with E-state index in [1.54, 1.807) is 0 Å². The van der Waals surface area contributed by atoms with Crippen LogP contribution in [0.15, 0.2) is 24.3 Å². The maximum absolute atomic E-state index is 5.79. The second-order valence-corrected chi connectivity index (χ2v) is 8.20. The van der Waals surface area contributed by atoms with E-state index in [-0.39, 0.29) is 0 Å². The van der Waals surface area contributed by atoms with Gasteiger partial charge in [0.15, 0.2) is 0 Å². The van der Waals surface area contributed by atoms with E-state index >= 15 is 0 Å². The van der Waals surface area contributed by atoms with Gasteiger partial charge in [-0.25, -0.2) is 0 Å². The summed E-state index contributed by atoms with van der Waals surface area (Å²) < 4.78 is 5.78. The summed E-state index contributed by atoms with van der Waals surface area (Å²) in [4.78, 5) is 0. The molecule has 0 saturated carbocycles. The lowest BCUT2D eigenvalue weighted by molar-refractivity contribution is 0.304. The Hall–Kier alpha value is -0.690. The number of rotatable bonds is 19. The Bertz CT molecular complexity index is 415. The van der Waals surface area contributed by atoms with Crippen LogP contribution in [0.1, 0.15) is 115 Å². The average molecular weight is 395 g/mol. The highest BCUT2D eigenvalue weighted by Gasteiger charge is 1.97. The predicted molar refractivity (Wildman–Crippen MR) is 121 cm³/mol. The molecule has 1 rings (SSSR count). The van der Waals surface area contributed by atoms with Gasteiger partial charge < -0.3 is 4.74 Å². The summed E-state index contributed by atoms with van der Waals surface area (Å²) in [7, 11) is 0. The first-order valence-corrected chi connectivity index (χ1v) is 12.2. The topological polar surface area (TPSA) is 9.23 Å². The third-order valence-electron chi connectivity index (χ3n) is 5.34. The molecular formula is C25H43ClO. The fraction of sp³-hybridized carbons (Fsp3) is 0.760. The van der Waals surface area contributed by atoms with Gasteiger partial charge in [-0.3, -0.25) is 0 Å². The first kappa shape index (κ1) is 24.3. The largest absolute Gasteiger partial charge is 0.494 e. The SMILES string of the molecule is CCCCCCCCCCCCCCCCCCOc1ccc(CCl)cc1. The van der Waals surface area contributed by atoms with Gasteiger partial charge in [-0.05, 0) is 24.1 Å². The van der Waals surface area contributed by atoms with Crippen LogP contribution in [0.2, 0.25) is 0 Å². The van der Waals surface area contributed by atoms with Gasteiger partial charge in [0.1, 0.15) is 5.75 Å². The third kappa shape index (κ3) is 15.0. The molecule has 0 aromatic heterocycles. The Morgan fingerprint density at radius 2 is 1.00 bits per heavy atom. The molecule has 0 aliphatic carbocycles. The van der Waals surface area contributed by atoms with Gasteiger partial charge in [-0.15, -0.1) is 11.6 Å². The highest BCUT2D eigenvalue weighted by Crippen LogP contribution is 2.15. The molecule has 0 heterocycles. The zero-order valence-corrected chi connectivity index (χ0v) is 18.6. The molecular weight excluding hydrogens is 352 g/mol. The van der Waals surface area contributed by atoms with E-state index < -0.39 is 0 Å². The number of alkyl halides is 1. The molecule has 0 unspecified atom stereocenters. The van der Waals surface area contributed by atoms with E-state index in [2.05, 4.69) is 6.92 Å². The lowest BCUT2D eigenvalue weighted by Crippen LogP contribution is -1.97. The zero-order valence-electron chi connectivity index (χ0n) is 17.8.